The first-order valence-corrected chi connectivity index (χ1v) is 11.4. The summed E-state index contributed by atoms with van der Waals surface area (Å²) in [4.78, 5) is 3.25. The van der Waals surface area contributed by atoms with Crippen LogP contribution in [0, 0.1) is 5.82 Å². The van der Waals surface area contributed by atoms with Gasteiger partial charge in [-0.1, -0.05) is 0 Å². The number of alkyl halides is 3. The summed E-state index contributed by atoms with van der Waals surface area (Å²) in [6.45, 7) is 1.39. The fraction of sp³-hybridized carbons (Fsp3) is 0.235. The average molecular weight is 465 g/mol. The van der Waals surface area contributed by atoms with Crippen molar-refractivity contribution >= 4 is 31.8 Å². The van der Waals surface area contributed by atoms with Gasteiger partial charge in [0.25, 0.3) is 10.0 Å². The summed E-state index contributed by atoms with van der Waals surface area (Å²) in [6, 6.07) is 5.35. The van der Waals surface area contributed by atoms with Crippen LogP contribution in [0.5, 0.6) is 0 Å². The second-order valence-corrected chi connectivity index (χ2v) is 10.6. The smallest absolute Gasteiger partial charge is 0.398 e. The van der Waals surface area contributed by atoms with E-state index in [1.807, 2.05) is 0 Å². The van der Waals surface area contributed by atoms with Crippen molar-refractivity contribution in [3.05, 3.63) is 58.4 Å². The predicted molar refractivity (Wildman–Crippen MR) is 100 cm³/mol. The molecule has 2 aromatic rings. The molecule has 0 bridgehead atoms. The molecule has 0 radical (unpaired) electrons. The molecule has 3 rings (SSSR count). The third-order valence-corrected chi connectivity index (χ3v) is 7.92. The molecule has 1 heterocycles. The Labute approximate surface area is 169 Å². The minimum absolute atomic E-state index is 0.250. The fourth-order valence-electron chi connectivity index (χ4n) is 3.04. The summed E-state index contributed by atoms with van der Waals surface area (Å²) in [5, 5.41) is 0.661. The summed E-state index contributed by atoms with van der Waals surface area (Å²) in [5.74, 6) is -1.40. The zero-order valence-corrected chi connectivity index (χ0v) is 16.9. The van der Waals surface area contributed by atoms with E-state index >= 15 is 0 Å². The normalized spacial score (nSPS) is 19.1. The van der Waals surface area contributed by atoms with Gasteiger partial charge in [0, 0.05) is 10.9 Å². The van der Waals surface area contributed by atoms with Gasteiger partial charge in [0.2, 0.25) is 10.0 Å². The predicted octanol–water partition coefficient (Wildman–Crippen LogP) is 0.907. The van der Waals surface area contributed by atoms with Crippen LogP contribution in [-0.2, 0) is 26.2 Å². The maximum absolute atomic E-state index is 13.3. The van der Waals surface area contributed by atoms with Gasteiger partial charge >= 0.3 is 6.18 Å². The van der Waals surface area contributed by atoms with Crippen LogP contribution in [0.4, 0.5) is 23.2 Å². The zero-order chi connectivity index (χ0) is 22.5. The van der Waals surface area contributed by atoms with E-state index in [9.17, 15) is 34.4 Å². The molecular weight excluding hydrogens is 450 g/mol. The lowest BCUT2D eigenvalue weighted by atomic mass is 10.1. The second kappa shape index (κ2) is 7.03. The van der Waals surface area contributed by atoms with Gasteiger partial charge in [-0.05, 0) is 49.4 Å². The number of benzene rings is 2. The van der Waals surface area contributed by atoms with E-state index in [4.69, 9.17) is 5.73 Å². The Bertz CT molecular complexity index is 1360. The molecule has 0 aliphatic carbocycles. The summed E-state index contributed by atoms with van der Waals surface area (Å²) in [5.41, 5.74) is 1.70. The van der Waals surface area contributed by atoms with E-state index in [1.165, 1.54) is 23.2 Å². The lowest BCUT2D eigenvalue weighted by Gasteiger charge is -2.19. The number of nitrogens with zero attached hydrogens (tertiary/aromatic N) is 1. The van der Waals surface area contributed by atoms with E-state index in [0.29, 0.717) is 10.6 Å². The number of sulfonamides is 2. The first kappa shape index (κ1) is 22.2. The van der Waals surface area contributed by atoms with Crippen molar-refractivity contribution in [1.82, 2.24) is 4.13 Å². The Hall–Kier alpha value is -2.51. The lowest BCUT2D eigenvalue weighted by Crippen LogP contribution is -2.39. The molecule has 7 nitrogen and oxygen atoms in total. The van der Waals surface area contributed by atoms with Crippen LogP contribution in [0.15, 0.2) is 46.3 Å². The maximum atomic E-state index is 13.3. The first-order valence-electron chi connectivity index (χ1n) is 8.22. The summed E-state index contributed by atoms with van der Waals surface area (Å²) in [7, 11) is -9.45. The van der Waals surface area contributed by atoms with Gasteiger partial charge in [-0.25, -0.2) is 21.2 Å². The van der Waals surface area contributed by atoms with Crippen molar-refractivity contribution in [1.29, 1.82) is 0 Å². The van der Waals surface area contributed by atoms with E-state index < -0.39 is 59.5 Å². The maximum Gasteiger partial charge on any atom is 0.418 e. The number of nitrogens with two attached hydrogens (primary N) is 1. The summed E-state index contributed by atoms with van der Waals surface area (Å²) < 4.78 is 103. The minimum Gasteiger partial charge on any atom is -0.398 e. The Morgan fingerprint density at radius 1 is 1.10 bits per heavy atom. The van der Waals surface area contributed by atoms with Gasteiger partial charge in [0.05, 0.1) is 27.1 Å². The van der Waals surface area contributed by atoms with Crippen molar-refractivity contribution < 1.29 is 34.4 Å². The molecule has 0 amide bonds. The molecule has 1 aliphatic rings. The summed E-state index contributed by atoms with van der Waals surface area (Å²) in [6.07, 6.45) is -3.57. The zero-order valence-electron chi connectivity index (χ0n) is 15.2. The number of nitrogen functional groups attached to an aromatic ring is 1. The molecule has 0 fully saturated rings. The monoisotopic (exact) mass is 465 g/mol. The van der Waals surface area contributed by atoms with Crippen LogP contribution in [0.25, 0.3) is 6.08 Å². The van der Waals surface area contributed by atoms with Crippen molar-refractivity contribution in [3.8, 4) is 0 Å². The quantitative estimate of drug-likeness (QED) is 0.503. The Morgan fingerprint density at radius 3 is 2.40 bits per heavy atom. The molecule has 2 aromatic carbocycles. The molecule has 1 aliphatic heterocycles. The molecule has 13 heteroatoms. The van der Waals surface area contributed by atoms with Gasteiger partial charge in [-0.3, -0.25) is 4.99 Å². The van der Waals surface area contributed by atoms with E-state index in [1.54, 1.807) is 0 Å². The van der Waals surface area contributed by atoms with Crippen LogP contribution in [0.2, 0.25) is 0 Å². The van der Waals surface area contributed by atoms with Crippen LogP contribution >= 0.6 is 0 Å². The highest BCUT2D eigenvalue weighted by Gasteiger charge is 2.36. The fourth-order valence-corrected chi connectivity index (χ4v) is 6.43. The number of anilines is 1. The van der Waals surface area contributed by atoms with E-state index in [-0.39, 0.29) is 6.07 Å². The van der Waals surface area contributed by atoms with Gasteiger partial charge in [-0.2, -0.15) is 13.2 Å². The van der Waals surface area contributed by atoms with Crippen molar-refractivity contribution in [2.75, 3.05) is 11.5 Å². The standard InChI is InChI=1S/C17H15F4N3O4S2/c1-16(8-10-6-11(18)2-5-15(10)23-16)9-29(25,26)24-30(27,28)12-3-4-14(22)13(7-12)17(19,20)21/h2-8,24H,9,22H2,1H3. The van der Waals surface area contributed by atoms with Crippen LogP contribution in [0.3, 0.4) is 0 Å². The molecule has 0 saturated carbocycles. The molecule has 0 aromatic heterocycles. The molecule has 0 saturated heterocycles. The van der Waals surface area contributed by atoms with Gasteiger partial charge in [0.15, 0.2) is 0 Å². The third-order valence-electron chi connectivity index (χ3n) is 4.19. The summed E-state index contributed by atoms with van der Waals surface area (Å²) >= 11 is 0. The molecule has 162 valence electrons. The lowest BCUT2D eigenvalue weighted by molar-refractivity contribution is -0.137. The molecule has 3 N–H and O–H groups in total. The molecule has 30 heavy (non-hydrogen) atoms. The highest BCUT2D eigenvalue weighted by Crippen LogP contribution is 2.35. The van der Waals surface area contributed by atoms with E-state index in [0.717, 1.165) is 24.3 Å². The number of hydrogen-bond acceptors (Lipinski definition) is 6. The second-order valence-electron chi connectivity index (χ2n) is 6.91. The SMILES string of the molecule is CC1(CS(=O)(=O)NS(=O)(=O)c2ccc(N)c(C(F)(F)F)c2)C=c2cc(F)ccc2=N1. The van der Waals surface area contributed by atoms with Gasteiger partial charge < -0.3 is 5.73 Å². The Kier molecular flexibility index (Phi) is 5.20. The largest absolute Gasteiger partial charge is 0.418 e. The van der Waals surface area contributed by atoms with Crippen molar-refractivity contribution in [3.63, 3.8) is 0 Å². The number of rotatable bonds is 5. The number of halogens is 4. The first-order chi connectivity index (χ1) is 13.6. The number of fused-ring (bicyclic) bond motifs is 1. The molecule has 1 atom stereocenters. The van der Waals surface area contributed by atoms with Crippen molar-refractivity contribution in [2.24, 2.45) is 4.99 Å². The topological polar surface area (TPSA) is 119 Å². The van der Waals surface area contributed by atoms with E-state index in [2.05, 4.69) is 4.99 Å². The Balaban J connectivity index is 1.90. The highest BCUT2D eigenvalue weighted by atomic mass is 32.3. The van der Waals surface area contributed by atoms with Crippen LogP contribution < -0.4 is 20.4 Å². The minimum atomic E-state index is -4.93. The van der Waals surface area contributed by atoms with Crippen LogP contribution in [-0.4, -0.2) is 28.1 Å². The highest BCUT2D eigenvalue weighted by molar-refractivity contribution is 8.04. The Morgan fingerprint density at radius 2 is 1.77 bits per heavy atom. The molecular formula is C17H15F4N3O4S2. The van der Waals surface area contributed by atoms with Gasteiger partial charge in [-0.15, -0.1) is 4.13 Å². The molecule has 1 unspecified atom stereocenters. The molecule has 0 spiro atoms. The van der Waals surface area contributed by atoms with Crippen molar-refractivity contribution in [2.45, 2.75) is 23.5 Å². The van der Waals surface area contributed by atoms with Gasteiger partial charge in [0.1, 0.15) is 5.82 Å². The number of nitrogens with one attached hydrogen (secondary N) is 1. The average Bonchev–Trinajstić information content (AvgIpc) is 2.86. The third kappa shape index (κ3) is 4.63. The number of hydrogen-bond donors (Lipinski definition) is 2. The van der Waals surface area contributed by atoms with Crippen LogP contribution in [0.1, 0.15) is 12.5 Å².